The number of fused-ring (bicyclic) bond motifs is 1. The first-order valence-corrected chi connectivity index (χ1v) is 6.62. The quantitative estimate of drug-likeness (QED) is 0.632. The maximum absolute atomic E-state index is 14.6. The Hall–Kier alpha value is -1.75. The van der Waals surface area contributed by atoms with Gasteiger partial charge in [0.2, 0.25) is 6.20 Å². The highest BCUT2D eigenvalue weighted by atomic mass is 79.9. The fourth-order valence-corrected chi connectivity index (χ4v) is 2.45. The van der Waals surface area contributed by atoms with Gasteiger partial charge in [0.05, 0.1) is 24.3 Å². The van der Waals surface area contributed by atoms with Crippen LogP contribution in [-0.2, 0) is 14.1 Å². The van der Waals surface area contributed by atoms with Crippen LogP contribution in [0.2, 0.25) is 0 Å². The molecule has 0 saturated heterocycles. The molecule has 3 rings (SSSR count). The number of aryl methyl sites for hydroxylation is 2. The van der Waals surface area contributed by atoms with E-state index in [1.165, 1.54) is 0 Å². The number of hydrogen-bond donors (Lipinski definition) is 0. The van der Waals surface area contributed by atoms with E-state index in [9.17, 15) is 4.39 Å². The first kappa shape index (κ1) is 12.3. The van der Waals surface area contributed by atoms with E-state index in [1.807, 2.05) is 41.9 Å². The lowest BCUT2D eigenvalue weighted by Crippen LogP contribution is -2.35. The number of halogens is 2. The van der Waals surface area contributed by atoms with Gasteiger partial charge in [0.1, 0.15) is 5.82 Å². The Morgan fingerprint density at radius 2 is 2.16 bits per heavy atom. The first-order valence-electron chi connectivity index (χ1n) is 5.82. The van der Waals surface area contributed by atoms with Gasteiger partial charge in [-0.3, -0.25) is 4.98 Å². The van der Waals surface area contributed by atoms with E-state index >= 15 is 0 Å². The number of pyridine rings is 1. The maximum Gasteiger partial charge on any atom is 0.203 e. The Bertz CT molecular complexity index is 760. The second-order valence-corrected chi connectivity index (χ2v) is 5.42. The SMILES string of the molecule is Cn1cc(-c2cnc3ccc(Br)cc3c2F)c[n+]1C. The summed E-state index contributed by atoms with van der Waals surface area (Å²) in [6, 6.07) is 5.42. The van der Waals surface area contributed by atoms with Crippen LogP contribution in [0.15, 0.2) is 41.3 Å². The van der Waals surface area contributed by atoms with Gasteiger partial charge in [-0.1, -0.05) is 15.9 Å². The molecule has 0 N–H and O–H groups in total. The monoisotopic (exact) mass is 320 g/mol. The van der Waals surface area contributed by atoms with E-state index in [-0.39, 0.29) is 5.82 Å². The van der Waals surface area contributed by atoms with Gasteiger partial charge < -0.3 is 0 Å². The normalized spacial score (nSPS) is 11.2. The minimum Gasteiger partial charge on any atom is -0.255 e. The van der Waals surface area contributed by atoms with E-state index in [2.05, 4.69) is 20.9 Å². The Morgan fingerprint density at radius 3 is 2.84 bits per heavy atom. The Morgan fingerprint density at radius 1 is 1.37 bits per heavy atom. The van der Waals surface area contributed by atoms with Gasteiger partial charge in [0.25, 0.3) is 0 Å². The molecule has 0 aliphatic carbocycles. The van der Waals surface area contributed by atoms with Crippen molar-refractivity contribution in [3.8, 4) is 11.1 Å². The number of aromatic nitrogens is 3. The third-order valence-corrected chi connectivity index (χ3v) is 3.72. The second-order valence-electron chi connectivity index (χ2n) is 4.51. The smallest absolute Gasteiger partial charge is 0.203 e. The number of benzene rings is 1. The highest BCUT2D eigenvalue weighted by Crippen LogP contribution is 2.28. The van der Waals surface area contributed by atoms with Crippen LogP contribution in [-0.4, -0.2) is 9.67 Å². The van der Waals surface area contributed by atoms with Gasteiger partial charge in [-0.05, 0) is 18.2 Å². The summed E-state index contributed by atoms with van der Waals surface area (Å²) in [5.41, 5.74) is 1.99. The third-order valence-electron chi connectivity index (χ3n) is 3.22. The van der Waals surface area contributed by atoms with E-state index in [4.69, 9.17) is 0 Å². The molecule has 3 nitrogen and oxygen atoms in total. The Labute approximate surface area is 118 Å². The summed E-state index contributed by atoms with van der Waals surface area (Å²) in [5.74, 6) is -0.238. The molecular weight excluding hydrogens is 309 g/mol. The van der Waals surface area contributed by atoms with Crippen molar-refractivity contribution in [2.75, 3.05) is 0 Å². The van der Waals surface area contributed by atoms with Crippen molar-refractivity contribution < 1.29 is 9.07 Å². The number of nitrogens with zero attached hydrogens (tertiary/aromatic N) is 3. The number of rotatable bonds is 1. The predicted octanol–water partition coefficient (Wildman–Crippen LogP) is 2.97. The fraction of sp³-hybridized carbons (Fsp3) is 0.143. The van der Waals surface area contributed by atoms with Crippen molar-refractivity contribution in [1.29, 1.82) is 0 Å². The molecule has 96 valence electrons. The standard InChI is InChI=1S/C14H12BrFN3/c1-18-7-9(8-19(18)2)12-6-17-13-4-3-10(15)5-11(13)14(12)16/h3-8H,1-2H3/q+1. The van der Waals surface area contributed by atoms with Crippen molar-refractivity contribution in [2.24, 2.45) is 14.1 Å². The zero-order valence-corrected chi connectivity index (χ0v) is 12.1. The molecule has 0 aliphatic rings. The minimum absolute atomic E-state index is 0.238. The molecule has 19 heavy (non-hydrogen) atoms. The highest BCUT2D eigenvalue weighted by Gasteiger charge is 2.15. The molecule has 1 aromatic carbocycles. The van der Waals surface area contributed by atoms with Gasteiger partial charge in [0, 0.05) is 21.6 Å². The van der Waals surface area contributed by atoms with Gasteiger partial charge in [0.15, 0.2) is 7.05 Å². The molecule has 0 aliphatic heterocycles. The summed E-state index contributed by atoms with van der Waals surface area (Å²) >= 11 is 3.36. The largest absolute Gasteiger partial charge is 0.255 e. The van der Waals surface area contributed by atoms with Crippen molar-refractivity contribution in [3.05, 3.63) is 47.1 Å². The summed E-state index contributed by atoms with van der Waals surface area (Å²) < 4.78 is 19.2. The topological polar surface area (TPSA) is 21.7 Å². The summed E-state index contributed by atoms with van der Waals surface area (Å²) in [5, 5.41) is 0.526. The van der Waals surface area contributed by atoms with Crippen LogP contribution in [0.4, 0.5) is 4.39 Å². The first-order chi connectivity index (χ1) is 9.06. The maximum atomic E-state index is 14.6. The molecule has 2 heterocycles. The molecule has 0 spiro atoms. The summed E-state index contributed by atoms with van der Waals surface area (Å²) in [4.78, 5) is 4.32. The van der Waals surface area contributed by atoms with Gasteiger partial charge in [-0.2, -0.15) is 4.68 Å². The molecule has 2 aromatic heterocycles. The van der Waals surface area contributed by atoms with E-state index in [0.29, 0.717) is 16.5 Å². The lowest BCUT2D eigenvalue weighted by Gasteiger charge is -2.03. The van der Waals surface area contributed by atoms with Crippen LogP contribution >= 0.6 is 15.9 Å². The molecule has 0 fully saturated rings. The average molecular weight is 321 g/mol. The van der Waals surface area contributed by atoms with Crippen molar-refractivity contribution in [2.45, 2.75) is 0 Å². The summed E-state index contributed by atoms with van der Waals surface area (Å²) in [6.07, 6.45) is 5.34. The van der Waals surface area contributed by atoms with Crippen molar-refractivity contribution in [3.63, 3.8) is 0 Å². The fourth-order valence-electron chi connectivity index (χ4n) is 2.09. The minimum atomic E-state index is -0.238. The van der Waals surface area contributed by atoms with Crippen LogP contribution < -0.4 is 4.68 Å². The molecule has 0 atom stereocenters. The molecule has 3 aromatic rings. The van der Waals surface area contributed by atoms with Crippen LogP contribution in [0.1, 0.15) is 0 Å². The average Bonchev–Trinajstić information content (AvgIpc) is 2.70. The molecule has 0 bridgehead atoms. The zero-order chi connectivity index (χ0) is 13.6. The van der Waals surface area contributed by atoms with Crippen LogP contribution in [0.3, 0.4) is 0 Å². The predicted molar refractivity (Wildman–Crippen MR) is 75.0 cm³/mol. The summed E-state index contributed by atoms with van der Waals surface area (Å²) in [6.45, 7) is 0. The highest BCUT2D eigenvalue weighted by molar-refractivity contribution is 9.10. The van der Waals surface area contributed by atoms with Gasteiger partial charge >= 0.3 is 0 Å². The van der Waals surface area contributed by atoms with Gasteiger partial charge in [-0.15, -0.1) is 4.68 Å². The van der Waals surface area contributed by atoms with Crippen LogP contribution in [0.25, 0.3) is 22.0 Å². The van der Waals surface area contributed by atoms with E-state index in [0.717, 1.165) is 10.0 Å². The lowest BCUT2D eigenvalue weighted by molar-refractivity contribution is -0.751. The molecule has 5 heteroatoms. The third kappa shape index (κ3) is 2.04. The molecule has 0 radical (unpaired) electrons. The zero-order valence-electron chi connectivity index (χ0n) is 10.6. The van der Waals surface area contributed by atoms with Crippen molar-refractivity contribution >= 4 is 26.8 Å². The Kier molecular flexibility index (Phi) is 2.86. The molecule has 0 amide bonds. The summed E-state index contributed by atoms with van der Waals surface area (Å²) in [7, 11) is 3.82. The lowest BCUT2D eigenvalue weighted by atomic mass is 10.1. The van der Waals surface area contributed by atoms with Crippen molar-refractivity contribution in [1.82, 2.24) is 9.67 Å². The molecular formula is C14H12BrFN3+. The molecule has 0 saturated carbocycles. The van der Waals surface area contributed by atoms with E-state index in [1.54, 1.807) is 18.3 Å². The van der Waals surface area contributed by atoms with Gasteiger partial charge in [-0.25, -0.2) is 4.39 Å². The second kappa shape index (κ2) is 4.42. The Balaban J connectivity index is 2.27. The van der Waals surface area contributed by atoms with Crippen LogP contribution in [0.5, 0.6) is 0 Å². The van der Waals surface area contributed by atoms with Crippen LogP contribution in [0, 0.1) is 5.82 Å². The number of hydrogen-bond acceptors (Lipinski definition) is 1. The molecule has 0 unspecified atom stereocenters. The van der Waals surface area contributed by atoms with E-state index < -0.39 is 0 Å².